The minimum Gasteiger partial charge on any atom is -0.496 e. The summed E-state index contributed by atoms with van der Waals surface area (Å²) in [6.45, 7) is 2.74. The van der Waals surface area contributed by atoms with Crippen molar-refractivity contribution in [1.82, 2.24) is 0 Å². The minimum atomic E-state index is 0.0995. The highest BCUT2D eigenvalue weighted by molar-refractivity contribution is 5.96. The third kappa shape index (κ3) is 3.02. The number of benzene rings is 2. The van der Waals surface area contributed by atoms with Crippen molar-refractivity contribution in [3.63, 3.8) is 0 Å². The highest BCUT2D eigenvalue weighted by atomic mass is 16.5. The summed E-state index contributed by atoms with van der Waals surface area (Å²) >= 11 is 0. The number of methoxy groups -OCH3 is 1. The predicted octanol–water partition coefficient (Wildman–Crippen LogP) is 3.11. The molecule has 1 heterocycles. The zero-order valence-corrected chi connectivity index (χ0v) is 13.6. The summed E-state index contributed by atoms with van der Waals surface area (Å²) in [5, 5.41) is 0. The number of ether oxygens (including phenoxy) is 1. The van der Waals surface area contributed by atoms with Crippen LogP contribution in [0, 0.1) is 6.92 Å². The molecule has 0 unspecified atom stereocenters. The molecule has 0 radical (unpaired) electrons. The van der Waals surface area contributed by atoms with Gasteiger partial charge in [0.15, 0.2) is 0 Å². The van der Waals surface area contributed by atoms with Crippen molar-refractivity contribution in [3.8, 4) is 5.75 Å². The van der Waals surface area contributed by atoms with E-state index < -0.39 is 0 Å². The Morgan fingerprint density at radius 1 is 1.30 bits per heavy atom. The van der Waals surface area contributed by atoms with Gasteiger partial charge in [0.25, 0.3) is 0 Å². The van der Waals surface area contributed by atoms with Gasteiger partial charge in [0.2, 0.25) is 5.91 Å². The molecule has 0 bridgehead atoms. The third-order valence-electron chi connectivity index (χ3n) is 4.42. The summed E-state index contributed by atoms with van der Waals surface area (Å²) in [5.41, 5.74) is 10.9. The van der Waals surface area contributed by atoms with E-state index in [1.165, 1.54) is 0 Å². The number of hydrogen-bond donors (Lipinski definition) is 1. The van der Waals surface area contributed by atoms with Gasteiger partial charge in [0.1, 0.15) is 5.75 Å². The maximum absolute atomic E-state index is 12.8. The van der Waals surface area contributed by atoms with Crippen LogP contribution in [-0.4, -0.2) is 19.6 Å². The first-order valence-electron chi connectivity index (χ1n) is 7.91. The van der Waals surface area contributed by atoms with Gasteiger partial charge in [-0.2, -0.15) is 0 Å². The van der Waals surface area contributed by atoms with Gasteiger partial charge in [-0.3, -0.25) is 4.79 Å². The van der Waals surface area contributed by atoms with Crippen LogP contribution in [0.1, 0.15) is 23.1 Å². The second kappa shape index (κ2) is 6.32. The van der Waals surface area contributed by atoms with Gasteiger partial charge in [-0.15, -0.1) is 0 Å². The summed E-state index contributed by atoms with van der Waals surface area (Å²) in [5.74, 6) is 0.918. The van der Waals surface area contributed by atoms with Gasteiger partial charge in [-0.1, -0.05) is 18.2 Å². The summed E-state index contributed by atoms with van der Waals surface area (Å²) < 4.78 is 5.34. The zero-order valence-electron chi connectivity index (χ0n) is 13.6. The van der Waals surface area contributed by atoms with Crippen LogP contribution < -0.4 is 15.4 Å². The van der Waals surface area contributed by atoms with Gasteiger partial charge in [-0.25, -0.2) is 0 Å². The quantitative estimate of drug-likeness (QED) is 0.886. The number of nitrogens with zero attached hydrogens (tertiary/aromatic N) is 1. The van der Waals surface area contributed by atoms with E-state index >= 15 is 0 Å². The largest absolute Gasteiger partial charge is 0.496 e. The number of aryl methyl sites for hydroxylation is 1. The Bertz CT molecular complexity index is 740. The van der Waals surface area contributed by atoms with Crippen LogP contribution in [0.15, 0.2) is 36.4 Å². The van der Waals surface area contributed by atoms with Crippen LogP contribution in [0.2, 0.25) is 0 Å². The Kier molecular flexibility index (Phi) is 4.24. The molecule has 0 aliphatic carbocycles. The third-order valence-corrected chi connectivity index (χ3v) is 4.42. The van der Waals surface area contributed by atoms with Crippen molar-refractivity contribution in [3.05, 3.63) is 53.1 Å². The second-order valence-corrected chi connectivity index (χ2v) is 5.97. The molecule has 2 aromatic rings. The molecule has 23 heavy (non-hydrogen) atoms. The van der Waals surface area contributed by atoms with E-state index in [1.807, 2.05) is 48.2 Å². The van der Waals surface area contributed by atoms with E-state index in [1.54, 1.807) is 7.11 Å². The first kappa shape index (κ1) is 15.4. The molecule has 4 nitrogen and oxygen atoms in total. The summed E-state index contributed by atoms with van der Waals surface area (Å²) in [6, 6.07) is 11.7. The van der Waals surface area contributed by atoms with E-state index in [2.05, 4.69) is 0 Å². The number of nitrogens with two attached hydrogens (primary N) is 1. The zero-order chi connectivity index (χ0) is 16.4. The van der Waals surface area contributed by atoms with Crippen LogP contribution >= 0.6 is 0 Å². The molecular formula is C19H22N2O2. The Morgan fingerprint density at radius 3 is 2.91 bits per heavy atom. The van der Waals surface area contributed by atoms with E-state index in [0.717, 1.165) is 53.2 Å². The lowest BCUT2D eigenvalue weighted by molar-refractivity contribution is -0.118. The van der Waals surface area contributed by atoms with Crippen LogP contribution in [0.4, 0.5) is 11.4 Å². The highest BCUT2D eigenvalue weighted by Crippen LogP contribution is 2.31. The number of fused-ring (bicyclic) bond motifs is 1. The molecule has 0 saturated heterocycles. The van der Waals surface area contributed by atoms with Gasteiger partial charge in [-0.05, 0) is 54.7 Å². The van der Waals surface area contributed by atoms with Gasteiger partial charge < -0.3 is 15.4 Å². The Balaban J connectivity index is 1.84. The molecule has 1 aliphatic rings. The molecule has 1 amide bonds. The monoisotopic (exact) mass is 310 g/mol. The fourth-order valence-electron chi connectivity index (χ4n) is 3.16. The normalized spacial score (nSPS) is 13.6. The van der Waals surface area contributed by atoms with E-state index in [-0.39, 0.29) is 5.91 Å². The van der Waals surface area contributed by atoms with Crippen molar-refractivity contribution in [2.24, 2.45) is 0 Å². The van der Waals surface area contributed by atoms with E-state index in [9.17, 15) is 4.79 Å². The molecule has 2 aromatic carbocycles. The van der Waals surface area contributed by atoms with Gasteiger partial charge in [0.05, 0.1) is 13.5 Å². The lowest BCUT2D eigenvalue weighted by Crippen LogP contribution is -2.36. The fraction of sp³-hybridized carbons (Fsp3) is 0.316. The molecule has 4 heteroatoms. The number of carbonyl (C=O) groups excluding carboxylic acids is 1. The summed E-state index contributed by atoms with van der Waals surface area (Å²) in [4.78, 5) is 14.6. The molecule has 120 valence electrons. The molecule has 0 saturated carbocycles. The maximum atomic E-state index is 12.8. The standard InChI is InChI=1S/C19H22N2O2/c1-13-8-9-14(11-18(13)23-2)12-19(22)21-10-4-5-15-16(20)6-3-7-17(15)21/h3,6-9,11H,4-5,10,12,20H2,1-2H3. The van der Waals surface area contributed by atoms with Crippen LogP contribution in [0.5, 0.6) is 5.75 Å². The average molecular weight is 310 g/mol. The Labute approximate surface area is 136 Å². The summed E-state index contributed by atoms with van der Waals surface area (Å²) in [7, 11) is 1.65. The van der Waals surface area contributed by atoms with Crippen molar-refractivity contribution >= 4 is 17.3 Å². The van der Waals surface area contributed by atoms with Gasteiger partial charge >= 0.3 is 0 Å². The molecule has 2 N–H and O–H groups in total. The smallest absolute Gasteiger partial charge is 0.231 e. The number of amides is 1. The first-order chi connectivity index (χ1) is 11.1. The predicted molar refractivity (Wildman–Crippen MR) is 93.0 cm³/mol. The topological polar surface area (TPSA) is 55.6 Å². The lowest BCUT2D eigenvalue weighted by Gasteiger charge is -2.30. The molecule has 1 aliphatic heterocycles. The summed E-state index contributed by atoms with van der Waals surface area (Å²) in [6.07, 6.45) is 2.25. The number of hydrogen-bond acceptors (Lipinski definition) is 3. The minimum absolute atomic E-state index is 0.0995. The van der Waals surface area contributed by atoms with Crippen LogP contribution in [0.3, 0.4) is 0 Å². The van der Waals surface area contributed by atoms with E-state index in [4.69, 9.17) is 10.5 Å². The Hall–Kier alpha value is -2.49. The van der Waals surface area contributed by atoms with Crippen LogP contribution in [-0.2, 0) is 17.6 Å². The molecule has 0 aromatic heterocycles. The maximum Gasteiger partial charge on any atom is 0.231 e. The SMILES string of the molecule is COc1cc(CC(=O)N2CCCc3c(N)cccc32)ccc1C. The van der Waals surface area contributed by atoms with Crippen molar-refractivity contribution in [2.75, 3.05) is 24.3 Å². The van der Waals surface area contributed by atoms with Crippen molar-refractivity contribution in [2.45, 2.75) is 26.2 Å². The second-order valence-electron chi connectivity index (χ2n) is 5.97. The van der Waals surface area contributed by atoms with Gasteiger partial charge in [0, 0.05) is 17.9 Å². The Morgan fingerprint density at radius 2 is 2.13 bits per heavy atom. The molecule has 0 atom stereocenters. The number of anilines is 2. The lowest BCUT2D eigenvalue weighted by atomic mass is 9.99. The average Bonchev–Trinajstić information content (AvgIpc) is 2.56. The molecule has 0 fully saturated rings. The highest BCUT2D eigenvalue weighted by Gasteiger charge is 2.23. The van der Waals surface area contributed by atoms with Crippen LogP contribution in [0.25, 0.3) is 0 Å². The van der Waals surface area contributed by atoms with Crippen molar-refractivity contribution < 1.29 is 9.53 Å². The fourth-order valence-corrected chi connectivity index (χ4v) is 3.16. The van der Waals surface area contributed by atoms with E-state index in [0.29, 0.717) is 6.42 Å². The first-order valence-corrected chi connectivity index (χ1v) is 7.91. The number of rotatable bonds is 3. The molecular weight excluding hydrogens is 288 g/mol. The number of carbonyl (C=O) groups is 1. The molecule has 0 spiro atoms. The molecule has 3 rings (SSSR count). The number of nitrogen functional groups attached to an aromatic ring is 1. The van der Waals surface area contributed by atoms with Crippen molar-refractivity contribution in [1.29, 1.82) is 0 Å².